The largest absolute Gasteiger partial charge is 0.494 e. The molecule has 9 nitrogen and oxygen atoms in total. The highest BCUT2D eigenvalue weighted by atomic mass is 16.5. The molecule has 0 heterocycles. The molecule has 0 fully saturated rings. The molecule has 0 saturated heterocycles. The highest BCUT2D eigenvalue weighted by Gasteiger charge is 2.13. The summed E-state index contributed by atoms with van der Waals surface area (Å²) < 4.78 is 11.2. The minimum absolute atomic E-state index is 0.211. The Morgan fingerprint density at radius 1 is 0.806 bits per heavy atom. The lowest BCUT2D eigenvalue weighted by atomic mass is 10.2. The molecule has 9 heteroatoms. The first-order chi connectivity index (χ1) is 17.5. The Balaban J connectivity index is 1.47. The lowest BCUT2D eigenvalue weighted by Gasteiger charge is -2.09. The topological polar surface area (TPSA) is 118 Å². The van der Waals surface area contributed by atoms with Crippen molar-refractivity contribution in [1.82, 2.24) is 5.43 Å². The average molecular weight is 489 g/mol. The lowest BCUT2D eigenvalue weighted by Crippen LogP contribution is -2.32. The fourth-order valence-corrected chi connectivity index (χ4v) is 2.95. The number of rotatable bonds is 11. The number of ether oxygens (including phenoxy) is 2. The van der Waals surface area contributed by atoms with Crippen molar-refractivity contribution in [1.29, 1.82) is 0 Å². The lowest BCUT2D eigenvalue weighted by molar-refractivity contribution is -0.136. The quantitative estimate of drug-likeness (QED) is 0.163. The third-order valence-corrected chi connectivity index (χ3v) is 4.79. The maximum absolute atomic E-state index is 12.1. The van der Waals surface area contributed by atoms with Gasteiger partial charge in [-0.1, -0.05) is 43.7 Å². The normalized spacial score (nSPS) is 10.5. The van der Waals surface area contributed by atoms with Gasteiger partial charge in [0.2, 0.25) is 0 Å². The van der Waals surface area contributed by atoms with Gasteiger partial charge in [0.15, 0.2) is 6.61 Å². The Kier molecular flexibility index (Phi) is 10.0. The second-order valence-electron chi connectivity index (χ2n) is 7.62. The van der Waals surface area contributed by atoms with Crippen LogP contribution in [0.5, 0.6) is 11.5 Å². The smallest absolute Gasteiger partial charge is 0.329 e. The molecule has 0 atom stereocenters. The van der Waals surface area contributed by atoms with E-state index in [4.69, 9.17) is 9.47 Å². The van der Waals surface area contributed by atoms with Gasteiger partial charge in [0.1, 0.15) is 11.5 Å². The summed E-state index contributed by atoms with van der Waals surface area (Å²) in [5.74, 6) is -1.04. The summed E-state index contributed by atoms with van der Waals surface area (Å²) >= 11 is 0. The van der Waals surface area contributed by atoms with Crippen molar-refractivity contribution in [2.24, 2.45) is 5.10 Å². The molecule has 0 radical (unpaired) electrons. The molecule has 3 aromatic carbocycles. The van der Waals surface area contributed by atoms with Gasteiger partial charge in [-0.25, -0.2) is 5.43 Å². The molecule has 0 aliphatic heterocycles. The maximum Gasteiger partial charge on any atom is 0.329 e. The van der Waals surface area contributed by atoms with Crippen molar-refractivity contribution in [3.05, 3.63) is 84.4 Å². The average Bonchev–Trinajstić information content (AvgIpc) is 2.89. The predicted molar refractivity (Wildman–Crippen MR) is 138 cm³/mol. The number of carbonyl (C=O) groups excluding carboxylic acids is 3. The van der Waals surface area contributed by atoms with Crippen LogP contribution in [-0.2, 0) is 14.4 Å². The van der Waals surface area contributed by atoms with Crippen LogP contribution >= 0.6 is 0 Å². The number of nitrogens with one attached hydrogen (secondary N) is 3. The zero-order chi connectivity index (χ0) is 25.6. The third kappa shape index (κ3) is 8.60. The van der Waals surface area contributed by atoms with Crippen LogP contribution in [0.15, 0.2) is 84.0 Å². The second-order valence-corrected chi connectivity index (χ2v) is 7.62. The van der Waals surface area contributed by atoms with Crippen molar-refractivity contribution >= 4 is 35.3 Å². The van der Waals surface area contributed by atoms with Crippen LogP contribution in [0.3, 0.4) is 0 Å². The van der Waals surface area contributed by atoms with E-state index in [1.165, 1.54) is 6.21 Å². The van der Waals surface area contributed by atoms with E-state index >= 15 is 0 Å². The molecule has 3 N–H and O–H groups in total. The molecule has 0 spiro atoms. The molecule has 3 aromatic rings. The predicted octanol–water partition coefficient (Wildman–Crippen LogP) is 3.97. The molecule has 0 unspecified atom stereocenters. The minimum atomic E-state index is -0.935. The van der Waals surface area contributed by atoms with Crippen molar-refractivity contribution in [3.8, 4) is 11.5 Å². The first-order valence-corrected chi connectivity index (χ1v) is 11.5. The Labute approximate surface area is 209 Å². The van der Waals surface area contributed by atoms with Crippen molar-refractivity contribution in [2.45, 2.75) is 19.8 Å². The third-order valence-electron chi connectivity index (χ3n) is 4.79. The Morgan fingerprint density at radius 3 is 2.25 bits per heavy atom. The molecule has 0 saturated carbocycles. The first kappa shape index (κ1) is 26.0. The summed E-state index contributed by atoms with van der Waals surface area (Å²) in [4.78, 5) is 36.4. The number of unbranched alkanes of at least 4 members (excludes halogenated alkanes) is 1. The van der Waals surface area contributed by atoms with Gasteiger partial charge in [0.25, 0.3) is 5.91 Å². The summed E-state index contributed by atoms with van der Waals surface area (Å²) in [6, 6.07) is 22.6. The number of para-hydroxylation sites is 2. The van der Waals surface area contributed by atoms with Crippen molar-refractivity contribution in [3.63, 3.8) is 0 Å². The minimum Gasteiger partial charge on any atom is -0.494 e. The Hall–Kier alpha value is -4.66. The van der Waals surface area contributed by atoms with Gasteiger partial charge in [0.05, 0.1) is 12.8 Å². The van der Waals surface area contributed by atoms with Gasteiger partial charge in [-0.2, -0.15) is 5.10 Å². The summed E-state index contributed by atoms with van der Waals surface area (Å²) in [6.07, 6.45) is 3.33. The van der Waals surface area contributed by atoms with E-state index in [1.54, 1.807) is 60.7 Å². The molecule has 3 amide bonds. The maximum atomic E-state index is 12.1. The molecule has 3 rings (SSSR count). The summed E-state index contributed by atoms with van der Waals surface area (Å²) in [7, 11) is 0. The van der Waals surface area contributed by atoms with Gasteiger partial charge in [0, 0.05) is 16.9 Å². The van der Waals surface area contributed by atoms with Crippen LogP contribution in [0.4, 0.5) is 11.4 Å². The van der Waals surface area contributed by atoms with Crippen molar-refractivity contribution in [2.75, 3.05) is 23.8 Å². The first-order valence-electron chi connectivity index (χ1n) is 11.5. The van der Waals surface area contributed by atoms with E-state index in [1.807, 2.05) is 18.2 Å². The van der Waals surface area contributed by atoms with E-state index in [-0.39, 0.29) is 12.5 Å². The van der Waals surface area contributed by atoms with Crippen LogP contribution in [0, 0.1) is 0 Å². The zero-order valence-corrected chi connectivity index (χ0v) is 19.9. The zero-order valence-electron chi connectivity index (χ0n) is 19.9. The van der Waals surface area contributed by atoms with Gasteiger partial charge < -0.3 is 20.1 Å². The Morgan fingerprint density at radius 2 is 1.50 bits per heavy atom. The van der Waals surface area contributed by atoms with Gasteiger partial charge in [-0.3, -0.25) is 14.4 Å². The second kappa shape index (κ2) is 13.9. The SMILES string of the molecule is CCCCOc1ccc(NC(=O)C(=O)N/N=C\c2ccccc2OCC(=O)Nc2ccccc2)cc1. The number of hydrogen-bond acceptors (Lipinski definition) is 6. The number of hydrazone groups is 1. The summed E-state index contributed by atoms with van der Waals surface area (Å²) in [6.45, 7) is 2.49. The van der Waals surface area contributed by atoms with Crippen molar-refractivity contribution < 1.29 is 23.9 Å². The Bertz CT molecular complexity index is 1180. The van der Waals surface area contributed by atoms with Crippen LogP contribution in [-0.4, -0.2) is 37.1 Å². The van der Waals surface area contributed by atoms with Crippen LogP contribution in [0.2, 0.25) is 0 Å². The van der Waals surface area contributed by atoms with E-state index in [9.17, 15) is 14.4 Å². The number of hydrogen-bond donors (Lipinski definition) is 3. The van der Waals surface area contributed by atoms with Crippen LogP contribution in [0.1, 0.15) is 25.3 Å². The molecule has 0 bridgehead atoms. The fraction of sp³-hybridized carbons (Fsp3) is 0.185. The molecule has 0 aliphatic carbocycles. The van der Waals surface area contributed by atoms with Gasteiger partial charge in [-0.15, -0.1) is 0 Å². The van der Waals surface area contributed by atoms with E-state index in [0.29, 0.717) is 35.0 Å². The molecule has 36 heavy (non-hydrogen) atoms. The van der Waals surface area contributed by atoms with E-state index < -0.39 is 11.8 Å². The number of carbonyl (C=O) groups is 3. The number of amides is 3. The number of nitrogens with zero attached hydrogens (tertiary/aromatic N) is 1. The summed E-state index contributed by atoms with van der Waals surface area (Å²) in [5.41, 5.74) is 3.82. The summed E-state index contributed by atoms with van der Waals surface area (Å²) in [5, 5.41) is 9.06. The molecular formula is C27H28N4O5. The number of benzene rings is 3. The highest BCUT2D eigenvalue weighted by Crippen LogP contribution is 2.17. The molecule has 186 valence electrons. The van der Waals surface area contributed by atoms with Gasteiger partial charge in [-0.05, 0) is 55.0 Å². The van der Waals surface area contributed by atoms with E-state index in [2.05, 4.69) is 28.1 Å². The standard InChI is InChI=1S/C27H28N4O5/c1-2-3-17-35-23-15-13-22(14-16-23)30-26(33)27(34)31-28-18-20-9-7-8-12-24(20)36-19-25(32)29-21-10-5-4-6-11-21/h4-16,18H,2-3,17,19H2,1H3,(H,29,32)(H,30,33)(H,31,34)/b28-18-. The monoisotopic (exact) mass is 488 g/mol. The molecular weight excluding hydrogens is 460 g/mol. The van der Waals surface area contributed by atoms with Crippen LogP contribution in [0.25, 0.3) is 0 Å². The highest BCUT2D eigenvalue weighted by molar-refractivity contribution is 6.39. The fourth-order valence-electron chi connectivity index (χ4n) is 2.95. The molecule has 0 aromatic heterocycles. The molecule has 0 aliphatic rings. The van der Waals surface area contributed by atoms with Gasteiger partial charge >= 0.3 is 11.8 Å². The van der Waals surface area contributed by atoms with Crippen LogP contribution < -0.4 is 25.5 Å². The van der Waals surface area contributed by atoms with E-state index in [0.717, 1.165) is 12.8 Å². The number of anilines is 2.